The van der Waals surface area contributed by atoms with Gasteiger partial charge in [0.25, 0.3) is 15.9 Å². The van der Waals surface area contributed by atoms with Crippen LogP contribution in [0.25, 0.3) is 0 Å². The molecule has 2 aromatic carbocycles. The Morgan fingerprint density at radius 3 is 2.52 bits per heavy atom. The van der Waals surface area contributed by atoms with Crippen molar-refractivity contribution in [2.75, 3.05) is 11.8 Å². The molecule has 140 valence electrons. The zero-order valence-corrected chi connectivity index (χ0v) is 16.1. The van der Waals surface area contributed by atoms with Gasteiger partial charge in [0.1, 0.15) is 5.75 Å². The average molecular weight is 402 g/mol. The van der Waals surface area contributed by atoms with Crippen LogP contribution < -0.4 is 14.8 Å². The van der Waals surface area contributed by atoms with Crippen molar-refractivity contribution >= 4 is 33.0 Å². The Labute approximate surface area is 161 Å². The topological polar surface area (TPSA) is 84.5 Å². The lowest BCUT2D eigenvalue weighted by atomic mass is 10.2. The van der Waals surface area contributed by atoms with Gasteiger partial charge in [-0.25, -0.2) is 8.42 Å². The monoisotopic (exact) mass is 402 g/mol. The van der Waals surface area contributed by atoms with Gasteiger partial charge in [-0.1, -0.05) is 12.1 Å². The minimum absolute atomic E-state index is 0.0158. The molecule has 8 heteroatoms. The summed E-state index contributed by atoms with van der Waals surface area (Å²) in [6, 6.07) is 16.3. The standard InChI is InChI=1S/C19H18N2O4S2/c1-25-16-9-7-15(8-10-16)21-27(23,24)18-6-2-4-14(12-18)19(22)20-13-17-5-3-11-26-17/h2-12,21H,13H2,1H3,(H,20,22). The van der Waals surface area contributed by atoms with Crippen LogP contribution in [-0.4, -0.2) is 21.4 Å². The Balaban J connectivity index is 1.73. The molecule has 6 nitrogen and oxygen atoms in total. The summed E-state index contributed by atoms with van der Waals surface area (Å²) >= 11 is 1.54. The molecule has 1 heterocycles. The van der Waals surface area contributed by atoms with Crippen molar-refractivity contribution in [1.29, 1.82) is 0 Å². The summed E-state index contributed by atoms with van der Waals surface area (Å²) in [6.07, 6.45) is 0. The highest BCUT2D eigenvalue weighted by Crippen LogP contribution is 2.20. The van der Waals surface area contributed by atoms with Gasteiger partial charge in [0.2, 0.25) is 0 Å². The second kappa shape index (κ2) is 8.24. The van der Waals surface area contributed by atoms with Crippen LogP contribution in [0.5, 0.6) is 5.75 Å². The van der Waals surface area contributed by atoms with Crippen LogP contribution in [-0.2, 0) is 16.6 Å². The molecule has 0 saturated heterocycles. The van der Waals surface area contributed by atoms with Gasteiger partial charge in [-0.2, -0.15) is 0 Å². The molecule has 0 unspecified atom stereocenters. The van der Waals surface area contributed by atoms with E-state index in [1.165, 1.54) is 19.2 Å². The van der Waals surface area contributed by atoms with E-state index in [2.05, 4.69) is 10.0 Å². The lowest BCUT2D eigenvalue weighted by molar-refractivity contribution is 0.0951. The third-order valence-electron chi connectivity index (χ3n) is 3.75. The van der Waals surface area contributed by atoms with E-state index < -0.39 is 10.0 Å². The Hall–Kier alpha value is -2.84. The van der Waals surface area contributed by atoms with Gasteiger partial charge < -0.3 is 10.1 Å². The molecule has 2 N–H and O–H groups in total. The second-order valence-electron chi connectivity index (χ2n) is 5.62. The molecule has 0 bridgehead atoms. The maximum absolute atomic E-state index is 12.6. The van der Waals surface area contributed by atoms with Crippen molar-refractivity contribution in [3.05, 3.63) is 76.5 Å². The molecule has 0 fully saturated rings. The zero-order valence-electron chi connectivity index (χ0n) is 14.5. The number of amides is 1. The van der Waals surface area contributed by atoms with Crippen molar-refractivity contribution in [3.63, 3.8) is 0 Å². The number of ether oxygens (including phenoxy) is 1. The summed E-state index contributed by atoms with van der Waals surface area (Å²) in [4.78, 5) is 13.3. The minimum atomic E-state index is -3.82. The van der Waals surface area contributed by atoms with E-state index >= 15 is 0 Å². The van der Waals surface area contributed by atoms with Crippen molar-refractivity contribution in [2.24, 2.45) is 0 Å². The molecule has 27 heavy (non-hydrogen) atoms. The Bertz CT molecular complexity index is 1010. The molecule has 0 atom stereocenters. The van der Waals surface area contributed by atoms with E-state index in [9.17, 15) is 13.2 Å². The van der Waals surface area contributed by atoms with Crippen LogP contribution in [0.2, 0.25) is 0 Å². The predicted octanol–water partition coefficient (Wildman–Crippen LogP) is 3.49. The number of thiophene rings is 1. The van der Waals surface area contributed by atoms with Gasteiger partial charge in [-0.15, -0.1) is 11.3 Å². The summed E-state index contributed by atoms with van der Waals surface area (Å²) in [5, 5.41) is 4.71. The van der Waals surface area contributed by atoms with E-state index in [1.54, 1.807) is 47.7 Å². The van der Waals surface area contributed by atoms with E-state index in [0.29, 0.717) is 18.0 Å². The number of carbonyl (C=O) groups excluding carboxylic acids is 1. The summed E-state index contributed by atoms with van der Waals surface area (Å²) in [5.41, 5.74) is 0.688. The van der Waals surface area contributed by atoms with Crippen LogP contribution in [0, 0.1) is 0 Å². The van der Waals surface area contributed by atoms with Crippen molar-refractivity contribution < 1.29 is 17.9 Å². The molecule has 1 aromatic heterocycles. The number of nitrogens with one attached hydrogen (secondary N) is 2. The lowest BCUT2D eigenvalue weighted by Gasteiger charge is -2.10. The summed E-state index contributed by atoms with van der Waals surface area (Å²) in [5.74, 6) is 0.298. The van der Waals surface area contributed by atoms with Crippen LogP contribution in [0.1, 0.15) is 15.2 Å². The largest absolute Gasteiger partial charge is 0.497 e. The number of anilines is 1. The number of sulfonamides is 1. The minimum Gasteiger partial charge on any atom is -0.497 e. The lowest BCUT2D eigenvalue weighted by Crippen LogP contribution is -2.23. The van der Waals surface area contributed by atoms with E-state index in [4.69, 9.17) is 4.74 Å². The number of rotatable bonds is 7. The van der Waals surface area contributed by atoms with Crippen molar-refractivity contribution in [1.82, 2.24) is 5.32 Å². The normalized spacial score (nSPS) is 11.0. The third kappa shape index (κ3) is 4.87. The highest BCUT2D eigenvalue weighted by molar-refractivity contribution is 7.92. The fourth-order valence-corrected chi connectivity index (χ4v) is 4.11. The van der Waals surface area contributed by atoms with E-state index in [-0.39, 0.29) is 16.4 Å². The summed E-state index contributed by atoms with van der Waals surface area (Å²) < 4.78 is 32.8. The molecular formula is C19H18N2O4S2. The zero-order chi connectivity index (χ0) is 19.3. The first-order chi connectivity index (χ1) is 13.0. The number of methoxy groups -OCH3 is 1. The molecule has 0 spiro atoms. The number of benzene rings is 2. The first-order valence-electron chi connectivity index (χ1n) is 8.05. The Kier molecular flexibility index (Phi) is 5.78. The van der Waals surface area contributed by atoms with Gasteiger partial charge in [0.15, 0.2) is 0 Å². The quantitative estimate of drug-likeness (QED) is 0.634. The van der Waals surface area contributed by atoms with Crippen LogP contribution >= 0.6 is 11.3 Å². The molecule has 0 aliphatic rings. The fourth-order valence-electron chi connectivity index (χ4n) is 2.36. The number of carbonyl (C=O) groups is 1. The molecular weight excluding hydrogens is 384 g/mol. The van der Waals surface area contributed by atoms with Crippen LogP contribution in [0.4, 0.5) is 5.69 Å². The SMILES string of the molecule is COc1ccc(NS(=O)(=O)c2cccc(C(=O)NCc3cccs3)c2)cc1. The highest BCUT2D eigenvalue weighted by atomic mass is 32.2. The summed E-state index contributed by atoms with van der Waals surface area (Å²) in [6.45, 7) is 0.400. The predicted molar refractivity (Wildman–Crippen MR) is 106 cm³/mol. The highest BCUT2D eigenvalue weighted by Gasteiger charge is 2.16. The van der Waals surface area contributed by atoms with Crippen molar-refractivity contribution in [3.8, 4) is 5.75 Å². The first kappa shape index (κ1) is 18.9. The van der Waals surface area contributed by atoms with Crippen LogP contribution in [0.15, 0.2) is 70.9 Å². The van der Waals surface area contributed by atoms with E-state index in [0.717, 1.165) is 4.88 Å². The Morgan fingerprint density at radius 1 is 1.07 bits per heavy atom. The van der Waals surface area contributed by atoms with Gasteiger partial charge in [-0.05, 0) is 53.9 Å². The first-order valence-corrected chi connectivity index (χ1v) is 10.4. The third-order valence-corrected chi connectivity index (χ3v) is 6.01. The van der Waals surface area contributed by atoms with E-state index in [1.807, 2.05) is 17.5 Å². The molecule has 1 amide bonds. The average Bonchev–Trinajstić information content (AvgIpc) is 3.20. The van der Waals surface area contributed by atoms with Crippen molar-refractivity contribution in [2.45, 2.75) is 11.4 Å². The maximum Gasteiger partial charge on any atom is 0.261 e. The van der Waals surface area contributed by atoms with Gasteiger partial charge in [-0.3, -0.25) is 9.52 Å². The van der Waals surface area contributed by atoms with Gasteiger partial charge >= 0.3 is 0 Å². The van der Waals surface area contributed by atoms with Gasteiger partial charge in [0, 0.05) is 16.1 Å². The molecule has 0 radical (unpaired) electrons. The molecule has 0 aliphatic carbocycles. The molecule has 0 aliphatic heterocycles. The number of hydrogen-bond donors (Lipinski definition) is 2. The fraction of sp³-hybridized carbons (Fsp3) is 0.105. The smallest absolute Gasteiger partial charge is 0.261 e. The van der Waals surface area contributed by atoms with Gasteiger partial charge in [0.05, 0.1) is 18.6 Å². The second-order valence-corrected chi connectivity index (χ2v) is 8.34. The molecule has 0 saturated carbocycles. The number of hydrogen-bond acceptors (Lipinski definition) is 5. The maximum atomic E-state index is 12.6. The van der Waals surface area contributed by atoms with Crippen LogP contribution in [0.3, 0.4) is 0 Å². The molecule has 3 rings (SSSR count). The summed E-state index contributed by atoms with van der Waals surface area (Å²) in [7, 11) is -2.28. The molecule has 3 aromatic rings. The Morgan fingerprint density at radius 2 is 1.85 bits per heavy atom.